The Morgan fingerprint density at radius 1 is 1.43 bits per heavy atom. The number of hydrogen-bond donors (Lipinski definition) is 1. The molecule has 0 aliphatic heterocycles. The van der Waals surface area contributed by atoms with Crippen LogP contribution < -0.4 is 0 Å². The highest BCUT2D eigenvalue weighted by molar-refractivity contribution is 6.31. The maximum Gasteiger partial charge on any atom is 0.311 e. The third-order valence-electron chi connectivity index (χ3n) is 1.85. The van der Waals surface area contributed by atoms with Gasteiger partial charge in [0.2, 0.25) is 0 Å². The predicted octanol–water partition coefficient (Wildman–Crippen LogP) is 2.71. The Morgan fingerprint density at radius 2 is 2.21 bits per heavy atom. The number of halogens is 1. The molecule has 0 aliphatic rings. The molecule has 0 aliphatic carbocycles. The zero-order chi connectivity index (χ0) is 10.1. The van der Waals surface area contributed by atoms with Gasteiger partial charge >= 0.3 is 5.97 Å². The molecule has 2 aromatic rings. The van der Waals surface area contributed by atoms with Gasteiger partial charge in [-0.05, 0) is 24.3 Å². The highest BCUT2D eigenvalue weighted by atomic mass is 35.5. The number of fused-ring (bicyclic) bond motifs is 1. The lowest BCUT2D eigenvalue weighted by molar-refractivity contribution is -0.136. The number of benzene rings is 1. The summed E-state index contributed by atoms with van der Waals surface area (Å²) in [4.78, 5) is 10.4. The first-order valence-corrected chi connectivity index (χ1v) is 4.43. The monoisotopic (exact) mass is 210 g/mol. The predicted molar refractivity (Wildman–Crippen MR) is 52.6 cm³/mol. The van der Waals surface area contributed by atoms with Gasteiger partial charge in [0.1, 0.15) is 17.8 Å². The quantitative estimate of drug-likeness (QED) is 0.829. The lowest BCUT2D eigenvalue weighted by Crippen LogP contribution is -1.97. The minimum Gasteiger partial charge on any atom is -0.481 e. The van der Waals surface area contributed by atoms with E-state index >= 15 is 0 Å². The highest BCUT2D eigenvalue weighted by Gasteiger charge is 2.07. The Hall–Kier alpha value is -1.48. The Kier molecular flexibility index (Phi) is 2.17. The van der Waals surface area contributed by atoms with Crippen LogP contribution in [0.15, 0.2) is 28.7 Å². The van der Waals surface area contributed by atoms with Crippen LogP contribution in [0.25, 0.3) is 11.0 Å². The van der Waals surface area contributed by atoms with Crippen molar-refractivity contribution in [2.24, 2.45) is 0 Å². The standard InChI is InChI=1S/C10H7ClO3/c11-7-1-2-9-6(3-7)4-8(14-9)5-10(12)13/h1-4H,5H2,(H,12,13). The minimum atomic E-state index is -0.907. The third-order valence-corrected chi connectivity index (χ3v) is 2.09. The molecule has 1 heterocycles. The summed E-state index contributed by atoms with van der Waals surface area (Å²) in [6.07, 6.45) is -0.105. The highest BCUT2D eigenvalue weighted by Crippen LogP contribution is 2.23. The van der Waals surface area contributed by atoms with Crippen molar-refractivity contribution >= 4 is 28.5 Å². The van der Waals surface area contributed by atoms with Gasteiger partial charge in [-0.15, -0.1) is 0 Å². The summed E-state index contributed by atoms with van der Waals surface area (Å²) in [5.74, 6) is -0.468. The van der Waals surface area contributed by atoms with Gasteiger partial charge in [-0.3, -0.25) is 4.79 Å². The van der Waals surface area contributed by atoms with Gasteiger partial charge < -0.3 is 9.52 Å². The molecule has 0 bridgehead atoms. The van der Waals surface area contributed by atoms with Crippen LogP contribution in [0.3, 0.4) is 0 Å². The molecule has 0 unspecified atom stereocenters. The summed E-state index contributed by atoms with van der Waals surface area (Å²) >= 11 is 5.78. The molecule has 3 nitrogen and oxygen atoms in total. The van der Waals surface area contributed by atoms with E-state index in [4.69, 9.17) is 21.1 Å². The maximum atomic E-state index is 10.4. The second-order valence-corrected chi connectivity index (χ2v) is 3.40. The van der Waals surface area contributed by atoms with Crippen molar-refractivity contribution in [2.75, 3.05) is 0 Å². The summed E-state index contributed by atoms with van der Waals surface area (Å²) < 4.78 is 5.29. The van der Waals surface area contributed by atoms with Crippen molar-refractivity contribution in [1.29, 1.82) is 0 Å². The third kappa shape index (κ3) is 1.72. The number of aliphatic carboxylic acids is 1. The summed E-state index contributed by atoms with van der Waals surface area (Å²) in [7, 11) is 0. The zero-order valence-corrected chi connectivity index (χ0v) is 7.91. The smallest absolute Gasteiger partial charge is 0.311 e. The normalized spacial score (nSPS) is 10.6. The second kappa shape index (κ2) is 3.35. The number of furan rings is 1. The lowest BCUT2D eigenvalue weighted by Gasteiger charge is -1.88. The minimum absolute atomic E-state index is 0.105. The molecule has 1 N–H and O–H groups in total. The molecule has 0 atom stereocenters. The van der Waals surface area contributed by atoms with Gasteiger partial charge in [0.25, 0.3) is 0 Å². The van der Waals surface area contributed by atoms with Crippen LogP contribution in [0.5, 0.6) is 0 Å². The molecular weight excluding hydrogens is 204 g/mol. The Balaban J connectivity index is 2.46. The molecule has 0 amide bonds. The number of carbonyl (C=O) groups is 1. The van der Waals surface area contributed by atoms with E-state index in [1.807, 2.05) is 0 Å². The van der Waals surface area contributed by atoms with Crippen LogP contribution in [0.4, 0.5) is 0 Å². The first-order chi connectivity index (χ1) is 6.65. The lowest BCUT2D eigenvalue weighted by atomic mass is 10.2. The molecule has 0 fully saturated rings. The second-order valence-electron chi connectivity index (χ2n) is 2.97. The maximum absolute atomic E-state index is 10.4. The molecular formula is C10H7ClO3. The molecule has 2 rings (SSSR count). The summed E-state index contributed by atoms with van der Waals surface area (Å²) in [5, 5.41) is 10.00. The molecule has 0 spiro atoms. The summed E-state index contributed by atoms with van der Waals surface area (Å²) in [6, 6.07) is 6.86. The van der Waals surface area contributed by atoms with Crippen LogP contribution in [0.2, 0.25) is 5.02 Å². The van der Waals surface area contributed by atoms with E-state index < -0.39 is 5.97 Å². The number of carboxylic acid groups (broad SMARTS) is 1. The van der Waals surface area contributed by atoms with E-state index in [0.29, 0.717) is 16.4 Å². The fraction of sp³-hybridized carbons (Fsp3) is 0.100. The van der Waals surface area contributed by atoms with Crippen LogP contribution in [-0.2, 0) is 11.2 Å². The fourth-order valence-corrected chi connectivity index (χ4v) is 1.49. The van der Waals surface area contributed by atoms with Crippen molar-refractivity contribution < 1.29 is 14.3 Å². The van der Waals surface area contributed by atoms with Crippen LogP contribution in [-0.4, -0.2) is 11.1 Å². The zero-order valence-electron chi connectivity index (χ0n) is 7.16. The van der Waals surface area contributed by atoms with Gasteiger partial charge in [-0.1, -0.05) is 11.6 Å². The van der Waals surface area contributed by atoms with Gasteiger partial charge in [0, 0.05) is 10.4 Å². The average Bonchev–Trinajstić information content (AvgIpc) is 2.44. The Labute approximate surface area is 84.9 Å². The average molecular weight is 211 g/mol. The largest absolute Gasteiger partial charge is 0.481 e. The van der Waals surface area contributed by atoms with Crippen LogP contribution >= 0.6 is 11.6 Å². The van der Waals surface area contributed by atoms with Crippen molar-refractivity contribution in [2.45, 2.75) is 6.42 Å². The van der Waals surface area contributed by atoms with Gasteiger partial charge in [-0.25, -0.2) is 0 Å². The van der Waals surface area contributed by atoms with E-state index in [2.05, 4.69) is 0 Å². The Bertz CT molecular complexity index is 487. The number of carboxylic acids is 1. The van der Waals surface area contributed by atoms with E-state index in [1.54, 1.807) is 24.3 Å². The van der Waals surface area contributed by atoms with Crippen molar-refractivity contribution in [3.05, 3.63) is 35.0 Å². The first kappa shape index (κ1) is 9.09. The molecule has 0 saturated heterocycles. The van der Waals surface area contributed by atoms with E-state index in [-0.39, 0.29) is 6.42 Å². The molecule has 72 valence electrons. The molecule has 0 saturated carbocycles. The molecule has 14 heavy (non-hydrogen) atoms. The topological polar surface area (TPSA) is 50.4 Å². The van der Waals surface area contributed by atoms with E-state index in [0.717, 1.165) is 5.39 Å². The number of hydrogen-bond acceptors (Lipinski definition) is 2. The molecule has 0 radical (unpaired) electrons. The van der Waals surface area contributed by atoms with Crippen LogP contribution in [0, 0.1) is 0 Å². The van der Waals surface area contributed by atoms with Crippen LogP contribution in [0.1, 0.15) is 5.76 Å². The fourth-order valence-electron chi connectivity index (χ4n) is 1.31. The van der Waals surface area contributed by atoms with Gasteiger partial charge in [-0.2, -0.15) is 0 Å². The summed E-state index contributed by atoms with van der Waals surface area (Å²) in [5.41, 5.74) is 0.658. The van der Waals surface area contributed by atoms with E-state index in [9.17, 15) is 4.79 Å². The van der Waals surface area contributed by atoms with Gasteiger partial charge in [0.05, 0.1) is 0 Å². The van der Waals surface area contributed by atoms with Crippen molar-refractivity contribution in [3.8, 4) is 0 Å². The Morgan fingerprint density at radius 3 is 2.93 bits per heavy atom. The van der Waals surface area contributed by atoms with Crippen molar-refractivity contribution in [3.63, 3.8) is 0 Å². The van der Waals surface area contributed by atoms with E-state index in [1.165, 1.54) is 0 Å². The SMILES string of the molecule is O=C(O)Cc1cc2cc(Cl)ccc2o1. The van der Waals surface area contributed by atoms with Crippen molar-refractivity contribution in [1.82, 2.24) is 0 Å². The van der Waals surface area contributed by atoms with Gasteiger partial charge in [0.15, 0.2) is 0 Å². The summed E-state index contributed by atoms with van der Waals surface area (Å²) in [6.45, 7) is 0. The number of rotatable bonds is 2. The molecule has 4 heteroatoms. The first-order valence-electron chi connectivity index (χ1n) is 4.05. The molecule has 1 aromatic heterocycles. The molecule has 1 aromatic carbocycles.